The second kappa shape index (κ2) is 6.40. The van der Waals surface area contributed by atoms with Crippen molar-refractivity contribution in [2.45, 2.75) is 51.1 Å². The van der Waals surface area contributed by atoms with Gasteiger partial charge in [-0.3, -0.25) is 4.68 Å². The summed E-state index contributed by atoms with van der Waals surface area (Å²) in [4.78, 5) is 7.44. The number of aryl methyl sites for hydroxylation is 2. The quantitative estimate of drug-likeness (QED) is 0.815. The van der Waals surface area contributed by atoms with Crippen molar-refractivity contribution in [1.82, 2.24) is 24.5 Å². The number of nitrogens with zero attached hydrogens (tertiary/aromatic N) is 3. The van der Waals surface area contributed by atoms with Crippen LogP contribution in [0.3, 0.4) is 0 Å². The molecule has 0 aromatic carbocycles. The lowest BCUT2D eigenvalue weighted by Gasteiger charge is -2.14. The average Bonchev–Trinajstić information content (AvgIpc) is 3.06. The van der Waals surface area contributed by atoms with Crippen LogP contribution in [-0.4, -0.2) is 28.2 Å². The first kappa shape index (κ1) is 15.7. The van der Waals surface area contributed by atoms with E-state index in [1.807, 2.05) is 20.8 Å². The van der Waals surface area contributed by atoms with Crippen molar-refractivity contribution in [3.8, 4) is 0 Å². The van der Waals surface area contributed by atoms with Crippen LogP contribution in [0.2, 0.25) is 0 Å². The molecular weight excluding hydrogens is 290 g/mol. The number of sulfonamides is 1. The van der Waals surface area contributed by atoms with Crippen molar-refractivity contribution in [3.05, 3.63) is 30.1 Å². The number of nitrogens with one attached hydrogen (secondary N) is 2. The smallest absolute Gasteiger partial charge is 0.244 e. The molecule has 2 aromatic heterocycles. The van der Waals surface area contributed by atoms with Gasteiger partial charge in [-0.05, 0) is 19.8 Å². The summed E-state index contributed by atoms with van der Waals surface area (Å²) in [6.07, 6.45) is 6.11. The molecular formula is C13H21N5O2S. The van der Waals surface area contributed by atoms with E-state index < -0.39 is 10.0 Å². The van der Waals surface area contributed by atoms with Crippen molar-refractivity contribution in [1.29, 1.82) is 0 Å². The molecule has 21 heavy (non-hydrogen) atoms. The maximum Gasteiger partial charge on any atom is 0.244 e. The van der Waals surface area contributed by atoms with Gasteiger partial charge in [-0.1, -0.05) is 13.8 Å². The van der Waals surface area contributed by atoms with Crippen molar-refractivity contribution >= 4 is 10.0 Å². The van der Waals surface area contributed by atoms with E-state index in [0.717, 1.165) is 12.1 Å². The standard InChI is InChI=1S/C13H21N5O2S/c1-4-6-18-9-11(8-15-18)21(19,20)17-12(5-2)13-14-7-10(3)16-13/h7-9,12,17H,4-6H2,1-3H3,(H,14,16). The van der Waals surface area contributed by atoms with Crippen molar-refractivity contribution < 1.29 is 8.42 Å². The van der Waals surface area contributed by atoms with Gasteiger partial charge >= 0.3 is 0 Å². The predicted molar refractivity (Wildman–Crippen MR) is 79.2 cm³/mol. The van der Waals surface area contributed by atoms with Gasteiger partial charge in [-0.2, -0.15) is 5.10 Å². The van der Waals surface area contributed by atoms with Crippen molar-refractivity contribution in [2.24, 2.45) is 0 Å². The van der Waals surface area contributed by atoms with Gasteiger partial charge in [0.05, 0.1) is 12.2 Å². The van der Waals surface area contributed by atoms with Crippen LogP contribution in [0.5, 0.6) is 0 Å². The molecule has 1 unspecified atom stereocenters. The lowest BCUT2D eigenvalue weighted by Crippen LogP contribution is -2.28. The molecule has 2 rings (SSSR count). The molecule has 0 saturated heterocycles. The van der Waals surface area contributed by atoms with Crippen LogP contribution in [0.1, 0.15) is 44.2 Å². The number of hydrogen-bond acceptors (Lipinski definition) is 4. The van der Waals surface area contributed by atoms with Gasteiger partial charge in [-0.25, -0.2) is 18.1 Å². The van der Waals surface area contributed by atoms with Crippen molar-refractivity contribution in [3.63, 3.8) is 0 Å². The minimum absolute atomic E-state index is 0.178. The summed E-state index contributed by atoms with van der Waals surface area (Å²) < 4.78 is 29.1. The Hall–Kier alpha value is -1.67. The Bertz CT molecular complexity index is 689. The van der Waals surface area contributed by atoms with Gasteiger partial charge < -0.3 is 4.98 Å². The highest BCUT2D eigenvalue weighted by molar-refractivity contribution is 7.89. The van der Waals surface area contributed by atoms with Crippen LogP contribution >= 0.6 is 0 Å². The Labute approximate surface area is 124 Å². The van der Waals surface area contributed by atoms with Gasteiger partial charge in [0.15, 0.2) is 0 Å². The van der Waals surface area contributed by atoms with Crippen molar-refractivity contribution in [2.75, 3.05) is 0 Å². The van der Waals surface area contributed by atoms with E-state index in [1.165, 1.54) is 6.20 Å². The first-order valence-electron chi connectivity index (χ1n) is 7.02. The van der Waals surface area contributed by atoms with Gasteiger partial charge in [0.1, 0.15) is 10.7 Å². The fraction of sp³-hybridized carbons (Fsp3) is 0.538. The molecule has 0 aliphatic rings. The van der Waals surface area contributed by atoms with Crippen LogP contribution < -0.4 is 4.72 Å². The minimum Gasteiger partial charge on any atom is -0.345 e. The highest BCUT2D eigenvalue weighted by Gasteiger charge is 2.23. The molecule has 116 valence electrons. The van der Waals surface area contributed by atoms with Crippen LogP contribution in [-0.2, 0) is 16.6 Å². The minimum atomic E-state index is -3.60. The number of H-pyrrole nitrogens is 1. The molecule has 0 amide bonds. The number of imidazole rings is 1. The van der Waals surface area contributed by atoms with E-state index in [4.69, 9.17) is 0 Å². The Kier molecular flexibility index (Phi) is 4.79. The molecule has 0 fully saturated rings. The molecule has 2 N–H and O–H groups in total. The Morgan fingerprint density at radius 3 is 2.71 bits per heavy atom. The fourth-order valence-corrected chi connectivity index (χ4v) is 3.27. The van der Waals surface area contributed by atoms with Crippen LogP contribution in [0.4, 0.5) is 0 Å². The molecule has 0 saturated carbocycles. The molecule has 0 aliphatic heterocycles. The summed E-state index contributed by atoms with van der Waals surface area (Å²) in [7, 11) is -3.60. The second-order valence-corrected chi connectivity index (χ2v) is 6.69. The monoisotopic (exact) mass is 311 g/mol. The Balaban J connectivity index is 2.18. The maximum atomic E-state index is 12.4. The average molecular weight is 311 g/mol. The Morgan fingerprint density at radius 2 is 2.14 bits per heavy atom. The van der Waals surface area contributed by atoms with Gasteiger partial charge in [-0.15, -0.1) is 0 Å². The maximum absolute atomic E-state index is 12.4. The third-order valence-electron chi connectivity index (χ3n) is 3.13. The second-order valence-electron chi connectivity index (χ2n) is 4.97. The zero-order valence-corrected chi connectivity index (χ0v) is 13.3. The third kappa shape index (κ3) is 3.70. The highest BCUT2D eigenvalue weighted by Crippen LogP contribution is 2.17. The molecule has 0 bridgehead atoms. The molecule has 2 heterocycles. The Morgan fingerprint density at radius 1 is 1.38 bits per heavy atom. The van der Waals surface area contributed by atoms with E-state index in [2.05, 4.69) is 19.8 Å². The molecule has 8 heteroatoms. The first-order chi connectivity index (χ1) is 9.96. The number of aromatic amines is 1. The zero-order chi connectivity index (χ0) is 15.5. The number of aromatic nitrogens is 4. The van der Waals surface area contributed by atoms with Crippen LogP contribution in [0.15, 0.2) is 23.5 Å². The zero-order valence-electron chi connectivity index (χ0n) is 12.5. The molecule has 0 aliphatic carbocycles. The summed E-state index contributed by atoms with van der Waals surface area (Å²) in [6, 6.07) is -0.377. The molecule has 7 nitrogen and oxygen atoms in total. The lowest BCUT2D eigenvalue weighted by molar-refractivity contribution is 0.538. The summed E-state index contributed by atoms with van der Waals surface area (Å²) in [5.41, 5.74) is 0.901. The summed E-state index contributed by atoms with van der Waals surface area (Å²) >= 11 is 0. The summed E-state index contributed by atoms with van der Waals surface area (Å²) in [5, 5.41) is 4.06. The van der Waals surface area contributed by atoms with Gasteiger partial charge in [0, 0.05) is 24.6 Å². The number of hydrogen-bond donors (Lipinski definition) is 2. The lowest BCUT2D eigenvalue weighted by atomic mass is 10.2. The summed E-state index contributed by atoms with van der Waals surface area (Å²) in [6.45, 7) is 6.50. The molecule has 0 spiro atoms. The van der Waals surface area contributed by atoms with E-state index in [1.54, 1.807) is 17.1 Å². The topological polar surface area (TPSA) is 92.7 Å². The first-order valence-corrected chi connectivity index (χ1v) is 8.51. The van der Waals surface area contributed by atoms with E-state index in [0.29, 0.717) is 18.8 Å². The normalized spacial score (nSPS) is 13.5. The molecule has 1 atom stereocenters. The highest BCUT2D eigenvalue weighted by atomic mass is 32.2. The summed E-state index contributed by atoms with van der Waals surface area (Å²) in [5.74, 6) is 0.625. The van der Waals surface area contributed by atoms with Gasteiger partial charge in [0.25, 0.3) is 0 Å². The fourth-order valence-electron chi connectivity index (χ4n) is 2.03. The van der Waals surface area contributed by atoms with Crippen LogP contribution in [0.25, 0.3) is 0 Å². The largest absolute Gasteiger partial charge is 0.345 e. The molecule has 2 aromatic rings. The molecule has 0 radical (unpaired) electrons. The SMILES string of the molecule is CCCn1cc(S(=O)(=O)NC(CC)c2ncc(C)[nH]2)cn1. The van der Waals surface area contributed by atoms with Gasteiger partial charge in [0.2, 0.25) is 10.0 Å². The van der Waals surface area contributed by atoms with Crippen LogP contribution in [0, 0.1) is 6.92 Å². The number of rotatable bonds is 7. The third-order valence-corrected chi connectivity index (χ3v) is 4.56. The van der Waals surface area contributed by atoms with E-state index >= 15 is 0 Å². The van der Waals surface area contributed by atoms with E-state index in [-0.39, 0.29) is 10.9 Å². The predicted octanol–water partition coefficient (Wildman–Crippen LogP) is 1.75. The van der Waals surface area contributed by atoms with E-state index in [9.17, 15) is 8.42 Å².